The molecule has 3 N–H and O–H groups in total. The van der Waals surface area contributed by atoms with E-state index >= 15 is 0 Å². The summed E-state index contributed by atoms with van der Waals surface area (Å²) in [7, 11) is 0. The predicted octanol–water partition coefficient (Wildman–Crippen LogP) is 1.41. The normalized spacial score (nSPS) is 15.7. The highest BCUT2D eigenvalue weighted by Gasteiger charge is 2.17. The first-order valence-corrected chi connectivity index (χ1v) is 4.85. The maximum atomic E-state index is 5.97. The van der Waals surface area contributed by atoms with Crippen molar-refractivity contribution in [2.24, 2.45) is 11.7 Å². The first-order chi connectivity index (χ1) is 6.19. The average molecular weight is 182 g/mol. The molecule has 1 heterocycles. The summed E-state index contributed by atoms with van der Waals surface area (Å²) in [5, 5.41) is 6.97. The molecule has 1 aromatic heterocycles. The zero-order valence-corrected chi connectivity index (χ0v) is 8.54. The zero-order valence-electron chi connectivity index (χ0n) is 8.54. The molecule has 0 saturated heterocycles. The highest BCUT2D eigenvalue weighted by molar-refractivity contribution is 4.96. The van der Waals surface area contributed by atoms with E-state index in [9.17, 15) is 0 Å². The van der Waals surface area contributed by atoms with Crippen molar-refractivity contribution in [3.63, 3.8) is 0 Å². The number of hydrogen-bond donors (Lipinski definition) is 2. The summed E-state index contributed by atoms with van der Waals surface area (Å²) < 4.78 is 0. The highest BCUT2D eigenvalue weighted by atomic mass is 15.2. The van der Waals surface area contributed by atoms with Crippen LogP contribution in [-0.2, 0) is 6.42 Å². The van der Waals surface area contributed by atoms with Gasteiger partial charge in [-0.2, -0.15) is 5.10 Å². The number of H-pyrrole nitrogens is 1. The molecule has 0 spiro atoms. The van der Waals surface area contributed by atoms with Gasteiger partial charge < -0.3 is 5.73 Å². The van der Waals surface area contributed by atoms with Crippen molar-refractivity contribution >= 4 is 0 Å². The number of aromatic amines is 1. The summed E-state index contributed by atoms with van der Waals surface area (Å²) >= 11 is 0. The van der Waals surface area contributed by atoms with Gasteiger partial charge in [-0.25, -0.2) is 4.98 Å². The second kappa shape index (κ2) is 4.37. The van der Waals surface area contributed by atoms with E-state index in [0.29, 0.717) is 5.92 Å². The van der Waals surface area contributed by atoms with Gasteiger partial charge in [0.05, 0.1) is 6.04 Å². The van der Waals surface area contributed by atoms with E-state index in [2.05, 4.69) is 29.0 Å². The Bertz CT molecular complexity index is 256. The first-order valence-electron chi connectivity index (χ1n) is 4.85. The number of nitrogens with two attached hydrogens (primary N) is 1. The molecule has 1 aromatic rings. The third-order valence-corrected chi connectivity index (χ3v) is 2.44. The molecular weight excluding hydrogens is 164 g/mol. The largest absolute Gasteiger partial charge is 0.321 e. The topological polar surface area (TPSA) is 67.6 Å². The van der Waals surface area contributed by atoms with Crippen molar-refractivity contribution in [3.05, 3.63) is 11.6 Å². The zero-order chi connectivity index (χ0) is 9.84. The summed E-state index contributed by atoms with van der Waals surface area (Å²) in [6, 6.07) is -0.0402. The molecule has 0 aliphatic carbocycles. The number of aryl methyl sites for hydroxylation is 1. The molecule has 74 valence electrons. The van der Waals surface area contributed by atoms with Crippen molar-refractivity contribution in [2.45, 2.75) is 39.7 Å². The van der Waals surface area contributed by atoms with Crippen molar-refractivity contribution in [1.29, 1.82) is 0 Å². The maximum absolute atomic E-state index is 5.97. The molecule has 0 aliphatic rings. The van der Waals surface area contributed by atoms with Gasteiger partial charge in [-0.15, -0.1) is 0 Å². The lowest BCUT2D eigenvalue weighted by Crippen LogP contribution is -2.19. The van der Waals surface area contributed by atoms with Gasteiger partial charge in [0.25, 0.3) is 0 Å². The monoisotopic (exact) mass is 182 g/mol. The van der Waals surface area contributed by atoms with Gasteiger partial charge in [-0.1, -0.05) is 27.2 Å². The number of nitrogens with one attached hydrogen (secondary N) is 1. The fourth-order valence-electron chi connectivity index (χ4n) is 1.13. The van der Waals surface area contributed by atoms with Crippen LogP contribution in [0, 0.1) is 5.92 Å². The van der Waals surface area contributed by atoms with E-state index < -0.39 is 0 Å². The van der Waals surface area contributed by atoms with Crippen molar-refractivity contribution in [1.82, 2.24) is 15.2 Å². The van der Waals surface area contributed by atoms with Crippen LogP contribution in [0.3, 0.4) is 0 Å². The lowest BCUT2D eigenvalue weighted by atomic mass is 10.00. The van der Waals surface area contributed by atoms with Crippen LogP contribution >= 0.6 is 0 Å². The Morgan fingerprint density at radius 2 is 2.15 bits per heavy atom. The van der Waals surface area contributed by atoms with Crippen molar-refractivity contribution in [3.8, 4) is 0 Å². The molecular formula is C9H18N4. The molecule has 4 nitrogen and oxygen atoms in total. The molecule has 1 rings (SSSR count). The Labute approximate surface area is 78.9 Å². The predicted molar refractivity (Wildman–Crippen MR) is 52.1 cm³/mol. The molecule has 0 unspecified atom stereocenters. The van der Waals surface area contributed by atoms with E-state index in [-0.39, 0.29) is 6.04 Å². The minimum absolute atomic E-state index is 0.0402. The maximum Gasteiger partial charge on any atom is 0.167 e. The lowest BCUT2D eigenvalue weighted by molar-refractivity contribution is 0.440. The summed E-state index contributed by atoms with van der Waals surface area (Å²) in [5.41, 5.74) is 5.97. The summed E-state index contributed by atoms with van der Waals surface area (Å²) in [4.78, 5) is 4.31. The Morgan fingerprint density at radius 3 is 2.62 bits per heavy atom. The van der Waals surface area contributed by atoms with E-state index in [1.54, 1.807) is 0 Å². The van der Waals surface area contributed by atoms with Crippen molar-refractivity contribution in [2.75, 3.05) is 0 Å². The molecule has 0 bridgehead atoms. The van der Waals surface area contributed by atoms with Gasteiger partial charge in [-0.05, 0) is 5.92 Å². The van der Waals surface area contributed by atoms with E-state index in [4.69, 9.17) is 5.73 Å². The third-order valence-electron chi connectivity index (χ3n) is 2.44. The van der Waals surface area contributed by atoms with E-state index in [0.717, 1.165) is 24.5 Å². The smallest absolute Gasteiger partial charge is 0.167 e. The van der Waals surface area contributed by atoms with Gasteiger partial charge in [-0.3, -0.25) is 5.10 Å². The molecule has 0 fully saturated rings. The van der Waals surface area contributed by atoms with Crippen LogP contribution in [0.4, 0.5) is 0 Å². The summed E-state index contributed by atoms with van der Waals surface area (Å²) in [5.74, 6) is 2.08. The van der Waals surface area contributed by atoms with Gasteiger partial charge in [0.15, 0.2) is 5.82 Å². The molecule has 0 amide bonds. The number of rotatable bonds is 4. The third kappa shape index (κ3) is 2.28. The van der Waals surface area contributed by atoms with E-state index in [1.165, 1.54) is 0 Å². The number of aromatic nitrogens is 3. The van der Waals surface area contributed by atoms with Crippen LogP contribution in [-0.4, -0.2) is 15.2 Å². The Morgan fingerprint density at radius 1 is 1.46 bits per heavy atom. The van der Waals surface area contributed by atoms with Gasteiger partial charge in [0.1, 0.15) is 5.82 Å². The van der Waals surface area contributed by atoms with Gasteiger partial charge in [0.2, 0.25) is 0 Å². The standard InChI is InChI=1S/C9H18N4/c1-4-6(3)8(10)9-11-7(5-2)12-13-9/h6,8H,4-5,10H2,1-3H3,(H,11,12,13)/t6-,8-/m0/s1. The quantitative estimate of drug-likeness (QED) is 0.739. The Balaban J connectivity index is 2.70. The van der Waals surface area contributed by atoms with Crippen LogP contribution < -0.4 is 5.73 Å². The summed E-state index contributed by atoms with van der Waals surface area (Å²) in [6.45, 7) is 6.28. The second-order valence-electron chi connectivity index (χ2n) is 3.41. The lowest BCUT2D eigenvalue weighted by Gasteiger charge is -2.13. The molecule has 13 heavy (non-hydrogen) atoms. The molecule has 4 heteroatoms. The summed E-state index contributed by atoms with van der Waals surface area (Å²) in [6.07, 6.45) is 1.93. The van der Waals surface area contributed by atoms with Crippen LogP contribution in [0.1, 0.15) is 44.9 Å². The highest BCUT2D eigenvalue weighted by Crippen LogP contribution is 2.18. The van der Waals surface area contributed by atoms with Gasteiger partial charge >= 0.3 is 0 Å². The fraction of sp³-hybridized carbons (Fsp3) is 0.778. The molecule has 0 aliphatic heterocycles. The van der Waals surface area contributed by atoms with Crippen LogP contribution in [0.25, 0.3) is 0 Å². The second-order valence-corrected chi connectivity index (χ2v) is 3.41. The minimum atomic E-state index is -0.0402. The van der Waals surface area contributed by atoms with Crippen LogP contribution in [0.5, 0.6) is 0 Å². The van der Waals surface area contributed by atoms with Gasteiger partial charge in [0, 0.05) is 6.42 Å². The molecule has 2 atom stereocenters. The van der Waals surface area contributed by atoms with Crippen molar-refractivity contribution < 1.29 is 0 Å². The number of hydrogen-bond acceptors (Lipinski definition) is 3. The minimum Gasteiger partial charge on any atom is -0.321 e. The Kier molecular flexibility index (Phi) is 3.42. The van der Waals surface area contributed by atoms with Crippen LogP contribution in [0.15, 0.2) is 0 Å². The molecule has 0 aromatic carbocycles. The number of nitrogens with zero attached hydrogens (tertiary/aromatic N) is 2. The average Bonchev–Trinajstić information content (AvgIpc) is 2.63. The van der Waals surface area contributed by atoms with Crippen LogP contribution in [0.2, 0.25) is 0 Å². The Hall–Kier alpha value is -0.900. The van der Waals surface area contributed by atoms with E-state index in [1.807, 2.05) is 6.92 Å². The first kappa shape index (κ1) is 10.2. The SMILES string of the molecule is CCc1nc([C@@H](N)[C@@H](C)CC)n[nH]1. The molecule has 0 saturated carbocycles. The molecule has 0 radical (unpaired) electrons. The fourth-order valence-corrected chi connectivity index (χ4v) is 1.13.